The van der Waals surface area contributed by atoms with Crippen molar-refractivity contribution in [1.29, 1.82) is 0 Å². The Kier molecular flexibility index (Phi) is 2.96. The first-order chi connectivity index (χ1) is 6.20. The third-order valence-electron chi connectivity index (χ3n) is 1.96. The maximum absolute atomic E-state index is 11.2. The lowest BCUT2D eigenvalue weighted by atomic mass is 10.1. The highest BCUT2D eigenvalue weighted by molar-refractivity contribution is 5.94. The summed E-state index contributed by atoms with van der Waals surface area (Å²) in [5, 5.41) is 1.80. The lowest BCUT2D eigenvalue weighted by Crippen LogP contribution is -2.32. The van der Waals surface area contributed by atoms with Crippen molar-refractivity contribution >= 4 is 17.9 Å². The smallest absolute Gasteiger partial charge is 0.160 e. The predicted molar refractivity (Wildman–Crippen MR) is 53.8 cm³/mol. The number of hydrogen-bond acceptors (Lipinski definition) is 2. The molecule has 0 aromatic carbocycles. The van der Waals surface area contributed by atoms with Crippen molar-refractivity contribution in [2.75, 3.05) is 0 Å². The molecular weight excluding hydrogens is 162 g/mol. The Morgan fingerprint density at radius 3 is 2.54 bits per heavy atom. The molecule has 1 aromatic heterocycles. The van der Waals surface area contributed by atoms with Crippen LogP contribution in [0.4, 0.5) is 0 Å². The minimum Gasteiger partial charge on any atom is -0.294 e. The van der Waals surface area contributed by atoms with Crippen LogP contribution in [0.1, 0.15) is 31.1 Å². The van der Waals surface area contributed by atoms with Gasteiger partial charge in [0.05, 0.1) is 5.35 Å². The number of hydrogen-bond donors (Lipinski definition) is 0. The summed E-state index contributed by atoms with van der Waals surface area (Å²) in [4.78, 5) is 15.4. The fourth-order valence-electron chi connectivity index (χ4n) is 1.33. The van der Waals surface area contributed by atoms with E-state index < -0.39 is 0 Å². The summed E-state index contributed by atoms with van der Waals surface area (Å²) in [7, 11) is 0. The van der Waals surface area contributed by atoms with Gasteiger partial charge in [0.2, 0.25) is 0 Å². The minimum absolute atomic E-state index is 0.0820. The van der Waals surface area contributed by atoms with Gasteiger partial charge in [-0.15, -0.1) is 0 Å². The standard InChI is InChI=1S/C11H13NO/c1-4-9-10(8(3)13)6-7-12-11(9)5-2/h4-7H,1-3H3/b9-4-,11-5+. The molecule has 68 valence electrons. The van der Waals surface area contributed by atoms with Gasteiger partial charge in [0.15, 0.2) is 5.78 Å². The van der Waals surface area contributed by atoms with Crippen molar-refractivity contribution in [2.24, 2.45) is 0 Å². The molecule has 0 amide bonds. The van der Waals surface area contributed by atoms with E-state index in [1.165, 1.54) is 0 Å². The summed E-state index contributed by atoms with van der Waals surface area (Å²) >= 11 is 0. The van der Waals surface area contributed by atoms with E-state index in [0.29, 0.717) is 0 Å². The topological polar surface area (TPSA) is 30.0 Å². The van der Waals surface area contributed by atoms with E-state index in [2.05, 4.69) is 4.98 Å². The summed E-state index contributed by atoms with van der Waals surface area (Å²) in [6.45, 7) is 5.40. The average molecular weight is 175 g/mol. The molecule has 2 nitrogen and oxygen atoms in total. The van der Waals surface area contributed by atoms with Crippen molar-refractivity contribution in [3.8, 4) is 0 Å². The van der Waals surface area contributed by atoms with E-state index in [1.807, 2.05) is 26.0 Å². The van der Waals surface area contributed by atoms with Gasteiger partial charge in [0.1, 0.15) is 0 Å². The maximum atomic E-state index is 11.2. The van der Waals surface area contributed by atoms with Crippen LogP contribution in [0.15, 0.2) is 12.3 Å². The molecule has 0 spiro atoms. The van der Waals surface area contributed by atoms with Crippen LogP contribution in [0.5, 0.6) is 0 Å². The van der Waals surface area contributed by atoms with Gasteiger partial charge in [0.25, 0.3) is 0 Å². The van der Waals surface area contributed by atoms with E-state index >= 15 is 0 Å². The van der Waals surface area contributed by atoms with Crippen LogP contribution in [0.2, 0.25) is 0 Å². The second-order valence-electron chi connectivity index (χ2n) is 2.79. The van der Waals surface area contributed by atoms with E-state index in [1.54, 1.807) is 19.2 Å². The van der Waals surface area contributed by atoms with Crippen LogP contribution in [-0.4, -0.2) is 10.8 Å². The third-order valence-corrected chi connectivity index (χ3v) is 1.96. The minimum atomic E-state index is 0.0820. The first kappa shape index (κ1) is 9.65. The molecule has 0 bridgehead atoms. The fraction of sp³-hybridized carbons (Fsp3) is 0.273. The summed E-state index contributed by atoms with van der Waals surface area (Å²) in [6.07, 6.45) is 5.49. The van der Waals surface area contributed by atoms with Gasteiger partial charge in [-0.25, -0.2) is 0 Å². The molecule has 0 aliphatic carbocycles. The molecule has 0 fully saturated rings. The molecule has 0 N–H and O–H groups in total. The average Bonchev–Trinajstić information content (AvgIpc) is 2.16. The van der Waals surface area contributed by atoms with Gasteiger partial charge in [0, 0.05) is 17.0 Å². The van der Waals surface area contributed by atoms with Gasteiger partial charge in [-0.2, -0.15) is 0 Å². The highest BCUT2D eigenvalue weighted by Crippen LogP contribution is 1.88. The molecule has 1 aromatic rings. The van der Waals surface area contributed by atoms with Gasteiger partial charge in [-0.1, -0.05) is 12.2 Å². The van der Waals surface area contributed by atoms with E-state index in [0.717, 1.165) is 16.1 Å². The van der Waals surface area contributed by atoms with Crippen LogP contribution < -0.4 is 10.6 Å². The molecule has 2 heteroatoms. The molecule has 0 aliphatic heterocycles. The number of rotatable bonds is 1. The highest BCUT2D eigenvalue weighted by atomic mass is 16.1. The number of carbonyl (C=O) groups is 1. The van der Waals surface area contributed by atoms with E-state index in [9.17, 15) is 4.79 Å². The lowest BCUT2D eigenvalue weighted by Gasteiger charge is -1.96. The number of pyridine rings is 1. The molecule has 0 radical (unpaired) electrons. The zero-order valence-electron chi connectivity index (χ0n) is 8.16. The fourth-order valence-corrected chi connectivity index (χ4v) is 1.33. The number of Topliss-reactive ketones (excluding diaryl/α,β-unsaturated/α-hetero) is 1. The molecule has 0 saturated carbocycles. The second kappa shape index (κ2) is 3.99. The summed E-state index contributed by atoms with van der Waals surface area (Å²) < 4.78 is 0. The Morgan fingerprint density at radius 1 is 1.38 bits per heavy atom. The Morgan fingerprint density at radius 2 is 2.08 bits per heavy atom. The van der Waals surface area contributed by atoms with Crippen molar-refractivity contribution in [1.82, 2.24) is 4.98 Å². The van der Waals surface area contributed by atoms with Gasteiger partial charge >= 0.3 is 0 Å². The van der Waals surface area contributed by atoms with Gasteiger partial charge < -0.3 is 0 Å². The van der Waals surface area contributed by atoms with Crippen LogP contribution >= 0.6 is 0 Å². The first-order valence-corrected chi connectivity index (χ1v) is 4.29. The van der Waals surface area contributed by atoms with Crippen LogP contribution in [-0.2, 0) is 0 Å². The van der Waals surface area contributed by atoms with Crippen LogP contribution in [0, 0.1) is 0 Å². The highest BCUT2D eigenvalue weighted by Gasteiger charge is 2.00. The molecule has 1 rings (SSSR count). The number of aromatic nitrogens is 1. The summed E-state index contributed by atoms with van der Waals surface area (Å²) in [5.41, 5.74) is 0.741. The van der Waals surface area contributed by atoms with Gasteiger partial charge in [-0.05, 0) is 26.8 Å². The largest absolute Gasteiger partial charge is 0.294 e. The monoisotopic (exact) mass is 175 g/mol. The number of carbonyl (C=O) groups excluding carboxylic acids is 1. The molecule has 1 heterocycles. The molecule has 0 unspecified atom stereocenters. The van der Waals surface area contributed by atoms with Crippen molar-refractivity contribution < 1.29 is 4.79 Å². The Hall–Kier alpha value is -1.44. The zero-order chi connectivity index (χ0) is 9.84. The van der Waals surface area contributed by atoms with Gasteiger partial charge in [-0.3, -0.25) is 9.78 Å². The normalized spacial score (nSPS) is 13.5. The SMILES string of the molecule is C/C=c1/c(C(C)=O)ccn/c1=C/C. The Bertz CT molecular complexity index is 432. The van der Waals surface area contributed by atoms with E-state index in [-0.39, 0.29) is 5.78 Å². The molecular formula is C11H13NO. The maximum Gasteiger partial charge on any atom is 0.160 e. The predicted octanol–water partition coefficient (Wildman–Crippen LogP) is 0.885. The number of nitrogens with zero attached hydrogens (tertiary/aromatic N) is 1. The molecule has 0 saturated heterocycles. The second-order valence-corrected chi connectivity index (χ2v) is 2.79. The van der Waals surface area contributed by atoms with E-state index in [4.69, 9.17) is 0 Å². The molecule has 0 aliphatic rings. The lowest BCUT2D eigenvalue weighted by molar-refractivity contribution is 0.101. The van der Waals surface area contributed by atoms with Crippen LogP contribution in [0.3, 0.4) is 0 Å². The summed E-state index contributed by atoms with van der Waals surface area (Å²) in [5.74, 6) is 0.0820. The van der Waals surface area contributed by atoms with Crippen molar-refractivity contribution in [3.05, 3.63) is 28.4 Å². The first-order valence-electron chi connectivity index (χ1n) is 4.29. The third kappa shape index (κ3) is 1.83. The Labute approximate surface area is 77.6 Å². The Balaban J connectivity index is 3.67. The molecule has 0 atom stereocenters. The van der Waals surface area contributed by atoms with Crippen molar-refractivity contribution in [3.63, 3.8) is 0 Å². The quantitative estimate of drug-likeness (QED) is 0.593. The molecule has 13 heavy (non-hydrogen) atoms. The zero-order valence-corrected chi connectivity index (χ0v) is 8.16. The number of ketones is 1. The summed E-state index contributed by atoms with van der Waals surface area (Å²) in [6, 6.07) is 1.75. The van der Waals surface area contributed by atoms with Crippen LogP contribution in [0.25, 0.3) is 12.2 Å². The van der Waals surface area contributed by atoms with Crippen molar-refractivity contribution in [2.45, 2.75) is 20.8 Å².